The molecule has 6 nitrogen and oxygen atoms in total. The molecule has 0 bridgehead atoms. The molecule has 0 radical (unpaired) electrons. The van der Waals surface area contributed by atoms with E-state index in [1.807, 2.05) is 6.07 Å². The van der Waals surface area contributed by atoms with E-state index in [0.29, 0.717) is 24.7 Å². The number of pyridine rings is 1. The lowest BCUT2D eigenvalue weighted by Gasteiger charge is -2.37. The van der Waals surface area contributed by atoms with Crippen LogP contribution >= 0.6 is 0 Å². The normalized spacial score (nSPS) is 16.0. The highest BCUT2D eigenvalue weighted by Crippen LogP contribution is 2.26. The van der Waals surface area contributed by atoms with Crippen LogP contribution in [0.2, 0.25) is 0 Å². The second kappa shape index (κ2) is 5.94. The maximum absolute atomic E-state index is 12.5. The lowest BCUT2D eigenvalue weighted by atomic mass is 10.2. The van der Waals surface area contributed by atoms with Crippen molar-refractivity contribution < 1.29 is 17.9 Å². The number of sulfonamides is 1. The van der Waals surface area contributed by atoms with Crippen LogP contribution in [-0.4, -0.2) is 44.0 Å². The molecule has 0 spiro atoms. The predicted octanol–water partition coefficient (Wildman–Crippen LogP) is 1.54. The number of hydrogen-bond donors (Lipinski definition) is 0. The van der Waals surface area contributed by atoms with Crippen LogP contribution in [-0.2, 0) is 10.0 Å². The van der Waals surface area contributed by atoms with Crippen LogP contribution in [0, 0.1) is 0 Å². The van der Waals surface area contributed by atoms with Crippen molar-refractivity contribution in [2.24, 2.45) is 0 Å². The van der Waals surface area contributed by atoms with Crippen LogP contribution in [0.5, 0.6) is 11.6 Å². The minimum atomic E-state index is -3.51. The van der Waals surface area contributed by atoms with Gasteiger partial charge in [-0.15, -0.1) is 0 Å². The first kappa shape index (κ1) is 14.8. The Morgan fingerprint density at radius 1 is 1.18 bits per heavy atom. The lowest BCUT2D eigenvalue weighted by molar-refractivity contribution is 0.0721. The summed E-state index contributed by atoms with van der Waals surface area (Å²) in [5, 5.41) is 0. The third kappa shape index (κ3) is 2.90. The Bertz CT molecular complexity index is 743. The first-order chi connectivity index (χ1) is 10.6. The van der Waals surface area contributed by atoms with Crippen molar-refractivity contribution in [1.29, 1.82) is 0 Å². The first-order valence-corrected chi connectivity index (χ1v) is 8.25. The van der Waals surface area contributed by atoms with Crippen molar-refractivity contribution in [2.75, 3.05) is 20.2 Å². The third-order valence-corrected chi connectivity index (χ3v) is 5.25. The maximum Gasteiger partial charge on any atom is 0.243 e. The molecule has 7 heteroatoms. The van der Waals surface area contributed by atoms with E-state index in [0.717, 1.165) is 0 Å². The smallest absolute Gasteiger partial charge is 0.243 e. The molecule has 1 aromatic carbocycles. The van der Waals surface area contributed by atoms with Gasteiger partial charge in [0.25, 0.3) is 0 Å². The second-order valence-electron chi connectivity index (χ2n) is 4.91. The van der Waals surface area contributed by atoms with Gasteiger partial charge in [0.1, 0.15) is 11.9 Å². The van der Waals surface area contributed by atoms with Crippen LogP contribution < -0.4 is 9.47 Å². The Kier molecular flexibility index (Phi) is 4.00. The molecular weight excluding hydrogens is 304 g/mol. The molecule has 116 valence electrons. The predicted molar refractivity (Wildman–Crippen MR) is 80.4 cm³/mol. The number of ether oxygens (including phenoxy) is 2. The van der Waals surface area contributed by atoms with E-state index < -0.39 is 10.0 Å². The zero-order valence-electron chi connectivity index (χ0n) is 12.0. The fourth-order valence-corrected chi connectivity index (χ4v) is 3.71. The van der Waals surface area contributed by atoms with Crippen LogP contribution in [0.15, 0.2) is 53.6 Å². The van der Waals surface area contributed by atoms with Gasteiger partial charge in [0.05, 0.1) is 25.1 Å². The van der Waals surface area contributed by atoms with Crippen molar-refractivity contribution in [1.82, 2.24) is 9.29 Å². The van der Waals surface area contributed by atoms with E-state index in [-0.39, 0.29) is 11.0 Å². The zero-order valence-corrected chi connectivity index (χ0v) is 12.9. The van der Waals surface area contributed by atoms with Crippen LogP contribution in [0.3, 0.4) is 0 Å². The average molecular weight is 320 g/mol. The summed E-state index contributed by atoms with van der Waals surface area (Å²) in [6.45, 7) is 0.631. The fourth-order valence-electron chi connectivity index (χ4n) is 2.17. The van der Waals surface area contributed by atoms with Crippen LogP contribution in [0.1, 0.15) is 0 Å². The fraction of sp³-hybridized carbons (Fsp3) is 0.267. The van der Waals surface area contributed by atoms with Gasteiger partial charge in [0.2, 0.25) is 15.9 Å². The van der Waals surface area contributed by atoms with E-state index >= 15 is 0 Å². The molecule has 22 heavy (non-hydrogen) atoms. The SMILES string of the molecule is COc1cccc(S(=O)(=O)N2CC(Oc3ccccn3)C2)c1. The summed E-state index contributed by atoms with van der Waals surface area (Å²) in [5.74, 6) is 1.02. The highest BCUT2D eigenvalue weighted by molar-refractivity contribution is 7.89. The molecule has 0 aliphatic carbocycles. The maximum atomic E-state index is 12.5. The molecule has 0 amide bonds. The summed E-state index contributed by atoms with van der Waals surface area (Å²) in [6.07, 6.45) is 1.47. The molecule has 0 atom stereocenters. The van der Waals surface area contributed by atoms with Gasteiger partial charge in [-0.3, -0.25) is 0 Å². The van der Waals surface area contributed by atoms with Crippen molar-refractivity contribution in [3.05, 3.63) is 48.7 Å². The van der Waals surface area contributed by atoms with Gasteiger partial charge >= 0.3 is 0 Å². The number of benzene rings is 1. The molecule has 2 heterocycles. The molecule has 1 fully saturated rings. The summed E-state index contributed by atoms with van der Waals surface area (Å²) >= 11 is 0. The topological polar surface area (TPSA) is 68.7 Å². The quantitative estimate of drug-likeness (QED) is 0.836. The molecule has 2 aromatic rings. The summed E-state index contributed by atoms with van der Waals surface area (Å²) in [6, 6.07) is 11.8. The Labute approximate surface area is 129 Å². The molecule has 1 aliphatic rings. The minimum absolute atomic E-state index is 0.171. The molecule has 0 unspecified atom stereocenters. The van der Waals surface area contributed by atoms with Crippen molar-refractivity contribution >= 4 is 10.0 Å². The van der Waals surface area contributed by atoms with E-state index in [4.69, 9.17) is 9.47 Å². The molecule has 3 rings (SSSR count). The average Bonchev–Trinajstić information content (AvgIpc) is 2.51. The monoisotopic (exact) mass is 320 g/mol. The van der Waals surface area contributed by atoms with Crippen LogP contribution in [0.25, 0.3) is 0 Å². The van der Waals surface area contributed by atoms with Gasteiger partial charge < -0.3 is 9.47 Å². The number of nitrogens with zero attached hydrogens (tertiary/aromatic N) is 2. The zero-order chi connectivity index (χ0) is 15.6. The molecule has 0 saturated carbocycles. The summed E-state index contributed by atoms with van der Waals surface area (Å²) < 4.78 is 37.0. The first-order valence-electron chi connectivity index (χ1n) is 6.81. The highest BCUT2D eigenvalue weighted by Gasteiger charge is 2.38. The molecule has 0 N–H and O–H groups in total. The number of aromatic nitrogens is 1. The molecular formula is C15H16N2O4S. The third-order valence-electron chi connectivity index (χ3n) is 3.42. The van der Waals surface area contributed by atoms with Crippen molar-refractivity contribution in [3.8, 4) is 11.6 Å². The summed E-state index contributed by atoms with van der Waals surface area (Å²) in [5.41, 5.74) is 0. The van der Waals surface area contributed by atoms with Gasteiger partial charge in [0, 0.05) is 18.3 Å². The Hall–Kier alpha value is -2.12. The summed E-state index contributed by atoms with van der Waals surface area (Å²) in [7, 11) is -2.00. The van der Waals surface area contributed by atoms with Gasteiger partial charge in [-0.25, -0.2) is 13.4 Å². The van der Waals surface area contributed by atoms with E-state index in [2.05, 4.69) is 4.98 Å². The van der Waals surface area contributed by atoms with E-state index in [1.165, 1.54) is 17.5 Å². The minimum Gasteiger partial charge on any atom is -0.497 e. The summed E-state index contributed by atoms with van der Waals surface area (Å²) in [4.78, 5) is 4.29. The van der Waals surface area contributed by atoms with Crippen LogP contribution in [0.4, 0.5) is 0 Å². The van der Waals surface area contributed by atoms with E-state index in [1.54, 1.807) is 36.5 Å². The van der Waals surface area contributed by atoms with Gasteiger partial charge in [-0.05, 0) is 18.2 Å². The Morgan fingerprint density at radius 2 is 2.00 bits per heavy atom. The molecule has 1 saturated heterocycles. The van der Waals surface area contributed by atoms with Gasteiger partial charge in [-0.1, -0.05) is 12.1 Å². The Balaban J connectivity index is 1.66. The molecule has 1 aliphatic heterocycles. The van der Waals surface area contributed by atoms with Gasteiger partial charge in [-0.2, -0.15) is 4.31 Å². The Morgan fingerprint density at radius 3 is 2.68 bits per heavy atom. The van der Waals surface area contributed by atoms with E-state index in [9.17, 15) is 8.42 Å². The van der Waals surface area contributed by atoms with Crippen molar-refractivity contribution in [2.45, 2.75) is 11.0 Å². The second-order valence-corrected chi connectivity index (χ2v) is 6.85. The largest absolute Gasteiger partial charge is 0.497 e. The number of hydrogen-bond acceptors (Lipinski definition) is 5. The van der Waals surface area contributed by atoms with Gasteiger partial charge in [0.15, 0.2) is 0 Å². The molecule has 1 aromatic heterocycles. The standard InChI is InChI=1S/C15H16N2O4S/c1-20-12-5-4-6-14(9-12)22(18,19)17-10-13(11-17)21-15-7-2-3-8-16-15/h2-9,13H,10-11H2,1H3. The highest BCUT2D eigenvalue weighted by atomic mass is 32.2. The van der Waals surface area contributed by atoms with Crippen molar-refractivity contribution in [3.63, 3.8) is 0 Å². The number of rotatable bonds is 5. The number of methoxy groups -OCH3 is 1. The lowest BCUT2D eigenvalue weighted by Crippen LogP contribution is -2.56.